The first-order valence-corrected chi connectivity index (χ1v) is 7.60. The minimum Gasteiger partial charge on any atom is -0.480 e. The van der Waals surface area contributed by atoms with Gasteiger partial charge in [-0.3, -0.25) is 0 Å². The molecule has 6 nitrogen and oxygen atoms in total. The van der Waals surface area contributed by atoms with Crippen molar-refractivity contribution in [2.24, 2.45) is 0 Å². The predicted molar refractivity (Wildman–Crippen MR) is 80.2 cm³/mol. The molecule has 0 spiro atoms. The van der Waals surface area contributed by atoms with Gasteiger partial charge in [-0.1, -0.05) is 30.3 Å². The fourth-order valence-electron chi connectivity index (χ4n) is 1.44. The van der Waals surface area contributed by atoms with Crippen LogP contribution in [0.1, 0.15) is 12.5 Å². The molecule has 2 atom stereocenters. The van der Waals surface area contributed by atoms with Crippen molar-refractivity contribution in [1.82, 2.24) is 5.32 Å². The van der Waals surface area contributed by atoms with E-state index in [4.69, 9.17) is 14.9 Å². The molecule has 0 aliphatic rings. The second-order valence-corrected chi connectivity index (χ2v) is 5.56. The largest absolute Gasteiger partial charge is 0.480 e. The smallest absolute Gasteiger partial charge is 0.408 e. The van der Waals surface area contributed by atoms with E-state index in [-0.39, 0.29) is 12.4 Å². The van der Waals surface area contributed by atoms with E-state index in [0.29, 0.717) is 5.75 Å². The van der Waals surface area contributed by atoms with Crippen LogP contribution >= 0.6 is 11.8 Å². The van der Waals surface area contributed by atoms with Crippen LogP contribution in [0.25, 0.3) is 0 Å². The molecule has 0 aromatic heterocycles. The Bertz CT molecular complexity index is 452. The van der Waals surface area contributed by atoms with Gasteiger partial charge in [0.15, 0.2) is 0 Å². The van der Waals surface area contributed by atoms with Crippen LogP contribution in [-0.2, 0) is 16.1 Å². The molecule has 7 heteroatoms. The molecule has 0 fully saturated rings. The van der Waals surface area contributed by atoms with Gasteiger partial charge in [0.05, 0.1) is 6.10 Å². The van der Waals surface area contributed by atoms with Gasteiger partial charge in [-0.25, -0.2) is 9.59 Å². The van der Waals surface area contributed by atoms with Gasteiger partial charge in [0.2, 0.25) is 0 Å². The average Bonchev–Trinajstić information content (AvgIpc) is 2.44. The lowest BCUT2D eigenvalue weighted by Crippen LogP contribution is -2.43. The van der Waals surface area contributed by atoms with Crippen molar-refractivity contribution in [3.8, 4) is 0 Å². The summed E-state index contributed by atoms with van der Waals surface area (Å²) in [6.45, 7) is 1.70. The number of hydrogen-bond acceptors (Lipinski definition) is 5. The van der Waals surface area contributed by atoms with Crippen LogP contribution in [-0.4, -0.2) is 45.9 Å². The van der Waals surface area contributed by atoms with Crippen LogP contribution in [0.15, 0.2) is 30.3 Å². The van der Waals surface area contributed by atoms with E-state index in [1.54, 1.807) is 19.1 Å². The van der Waals surface area contributed by atoms with Gasteiger partial charge in [-0.2, -0.15) is 11.8 Å². The van der Waals surface area contributed by atoms with Gasteiger partial charge < -0.3 is 20.3 Å². The van der Waals surface area contributed by atoms with Crippen molar-refractivity contribution in [3.05, 3.63) is 35.9 Å². The first kappa shape index (κ1) is 17.3. The molecule has 1 amide bonds. The second-order valence-electron chi connectivity index (χ2n) is 4.48. The van der Waals surface area contributed by atoms with Gasteiger partial charge in [0.1, 0.15) is 12.6 Å². The zero-order valence-electron chi connectivity index (χ0n) is 11.7. The van der Waals surface area contributed by atoms with Crippen molar-refractivity contribution in [3.63, 3.8) is 0 Å². The van der Waals surface area contributed by atoms with Crippen LogP contribution < -0.4 is 5.32 Å². The summed E-state index contributed by atoms with van der Waals surface area (Å²) in [5.41, 5.74) is 0.822. The molecule has 0 bridgehead atoms. The Kier molecular flexibility index (Phi) is 7.63. The zero-order chi connectivity index (χ0) is 15.7. The summed E-state index contributed by atoms with van der Waals surface area (Å²) in [5, 5.41) is 20.4. The summed E-state index contributed by atoms with van der Waals surface area (Å²) in [6, 6.07) is 8.06. The molecule has 1 aromatic rings. The number of hydrogen-bond donors (Lipinski definition) is 3. The fourth-order valence-corrected chi connectivity index (χ4v) is 2.38. The lowest BCUT2D eigenvalue weighted by Gasteiger charge is -2.14. The number of aliphatic carboxylic acids is 1. The van der Waals surface area contributed by atoms with E-state index >= 15 is 0 Å². The molecule has 0 heterocycles. The second kappa shape index (κ2) is 9.25. The van der Waals surface area contributed by atoms with Crippen LogP contribution in [0.5, 0.6) is 0 Å². The molecule has 1 rings (SSSR count). The highest BCUT2D eigenvalue weighted by atomic mass is 32.2. The molecule has 0 aliphatic carbocycles. The number of carbonyl (C=O) groups excluding carboxylic acids is 1. The summed E-state index contributed by atoms with van der Waals surface area (Å²) < 4.78 is 4.96. The minimum atomic E-state index is -1.13. The van der Waals surface area contributed by atoms with Crippen molar-refractivity contribution < 1.29 is 24.5 Å². The first-order valence-electron chi connectivity index (χ1n) is 6.45. The van der Waals surface area contributed by atoms with Crippen molar-refractivity contribution >= 4 is 23.8 Å². The SMILES string of the molecule is CC(O)CSCC(NC(=O)OCc1ccccc1)C(=O)O. The highest BCUT2D eigenvalue weighted by molar-refractivity contribution is 7.99. The summed E-state index contributed by atoms with van der Waals surface area (Å²) in [4.78, 5) is 22.6. The molecule has 3 N–H and O–H groups in total. The van der Waals surface area contributed by atoms with Gasteiger partial charge in [-0.05, 0) is 12.5 Å². The molecule has 2 unspecified atom stereocenters. The number of aliphatic hydroxyl groups is 1. The number of benzene rings is 1. The molecule has 1 aromatic carbocycles. The Morgan fingerprint density at radius 3 is 2.52 bits per heavy atom. The molecule has 21 heavy (non-hydrogen) atoms. The number of carboxylic acid groups (broad SMARTS) is 1. The van der Waals surface area contributed by atoms with E-state index < -0.39 is 24.2 Å². The molecule has 0 saturated carbocycles. The highest BCUT2D eigenvalue weighted by Crippen LogP contribution is 2.06. The molecule has 0 saturated heterocycles. The monoisotopic (exact) mass is 313 g/mol. The molecule has 0 aliphatic heterocycles. The normalized spacial score (nSPS) is 13.2. The summed E-state index contributed by atoms with van der Waals surface area (Å²) in [7, 11) is 0. The third-order valence-corrected chi connectivity index (χ3v) is 3.73. The summed E-state index contributed by atoms with van der Waals surface area (Å²) in [6.07, 6.45) is -1.29. The third kappa shape index (κ3) is 7.57. The van der Waals surface area contributed by atoms with Crippen molar-refractivity contribution in [1.29, 1.82) is 0 Å². The molecule has 116 valence electrons. The molecule has 0 radical (unpaired) electrons. The van der Waals surface area contributed by atoms with E-state index in [1.165, 1.54) is 11.8 Å². The first-order chi connectivity index (χ1) is 9.99. The van der Waals surface area contributed by atoms with E-state index in [2.05, 4.69) is 5.32 Å². The maximum absolute atomic E-state index is 11.6. The number of ether oxygens (including phenoxy) is 1. The quantitative estimate of drug-likeness (QED) is 0.673. The molecular weight excluding hydrogens is 294 g/mol. The molecular formula is C14H19NO5S. The average molecular weight is 313 g/mol. The van der Waals surface area contributed by atoms with Crippen LogP contribution in [0.3, 0.4) is 0 Å². The highest BCUT2D eigenvalue weighted by Gasteiger charge is 2.20. The van der Waals surface area contributed by atoms with Crippen LogP contribution in [0, 0.1) is 0 Å². The summed E-state index contributed by atoms with van der Waals surface area (Å²) >= 11 is 1.25. The Morgan fingerprint density at radius 2 is 1.95 bits per heavy atom. The Hall–Kier alpha value is -1.73. The van der Waals surface area contributed by atoms with E-state index in [0.717, 1.165) is 5.56 Å². The number of aliphatic hydroxyl groups excluding tert-OH is 1. The van der Waals surface area contributed by atoms with E-state index in [9.17, 15) is 9.59 Å². The fraction of sp³-hybridized carbons (Fsp3) is 0.429. The standard InChI is InChI=1S/C14H19NO5S/c1-10(16)8-21-9-12(13(17)18)15-14(19)20-7-11-5-3-2-4-6-11/h2-6,10,12,16H,7-9H2,1H3,(H,15,19)(H,17,18). The van der Waals surface area contributed by atoms with Crippen molar-refractivity contribution in [2.45, 2.75) is 25.7 Å². The zero-order valence-corrected chi connectivity index (χ0v) is 12.5. The van der Waals surface area contributed by atoms with Gasteiger partial charge in [-0.15, -0.1) is 0 Å². The van der Waals surface area contributed by atoms with Crippen molar-refractivity contribution in [2.75, 3.05) is 11.5 Å². The number of nitrogens with one attached hydrogen (secondary N) is 1. The number of amides is 1. The Labute approximate surface area is 127 Å². The Balaban J connectivity index is 2.36. The number of thioether (sulfide) groups is 1. The van der Waals surface area contributed by atoms with Crippen LogP contribution in [0.2, 0.25) is 0 Å². The van der Waals surface area contributed by atoms with Gasteiger partial charge in [0.25, 0.3) is 0 Å². The number of alkyl carbamates (subject to hydrolysis) is 1. The number of rotatable bonds is 8. The van der Waals surface area contributed by atoms with Gasteiger partial charge in [0, 0.05) is 11.5 Å². The number of carbonyl (C=O) groups is 2. The predicted octanol–water partition coefficient (Wildman–Crippen LogP) is 1.48. The summed E-state index contributed by atoms with van der Waals surface area (Å²) in [5.74, 6) is -0.560. The van der Waals surface area contributed by atoms with E-state index in [1.807, 2.05) is 18.2 Å². The lowest BCUT2D eigenvalue weighted by molar-refractivity contribution is -0.138. The Morgan fingerprint density at radius 1 is 1.29 bits per heavy atom. The van der Waals surface area contributed by atoms with Crippen LogP contribution in [0.4, 0.5) is 4.79 Å². The topological polar surface area (TPSA) is 95.9 Å². The maximum atomic E-state index is 11.6. The maximum Gasteiger partial charge on any atom is 0.408 e. The minimum absolute atomic E-state index is 0.0832. The number of carboxylic acids is 1. The van der Waals surface area contributed by atoms with Gasteiger partial charge >= 0.3 is 12.1 Å². The lowest BCUT2D eigenvalue weighted by atomic mass is 10.2. The third-order valence-electron chi connectivity index (χ3n) is 2.45.